The molecular weight excluding hydrogens is 356 g/mol. The molecule has 7 nitrogen and oxygen atoms in total. The topological polar surface area (TPSA) is 77.8 Å². The van der Waals surface area contributed by atoms with E-state index in [9.17, 15) is 4.79 Å². The average Bonchev–Trinajstić information content (AvgIpc) is 3.18. The van der Waals surface area contributed by atoms with Crippen molar-refractivity contribution in [2.24, 2.45) is 0 Å². The van der Waals surface area contributed by atoms with Crippen molar-refractivity contribution in [1.82, 2.24) is 14.4 Å². The molecule has 0 fully saturated rings. The minimum absolute atomic E-state index is 0.258. The Labute approximate surface area is 161 Å². The van der Waals surface area contributed by atoms with Crippen molar-refractivity contribution in [3.05, 3.63) is 72.7 Å². The first-order valence-electron chi connectivity index (χ1n) is 8.61. The lowest BCUT2D eigenvalue weighted by molar-refractivity contribution is 0.102. The molecule has 2 aromatic heterocycles. The number of fused-ring (bicyclic) bond motifs is 1. The SMILES string of the molecule is COc1cccc(C(=O)Nc2cc(-c3cn4cccnc4n3)ccc2OC)c1. The van der Waals surface area contributed by atoms with Crippen LogP contribution in [0.15, 0.2) is 67.1 Å². The quantitative estimate of drug-likeness (QED) is 0.577. The van der Waals surface area contributed by atoms with Crippen molar-refractivity contribution in [2.75, 3.05) is 19.5 Å². The summed E-state index contributed by atoms with van der Waals surface area (Å²) in [6, 6.07) is 14.3. The molecule has 2 aromatic carbocycles. The number of rotatable bonds is 5. The number of hydrogen-bond acceptors (Lipinski definition) is 5. The smallest absolute Gasteiger partial charge is 0.255 e. The number of nitrogens with zero attached hydrogens (tertiary/aromatic N) is 3. The van der Waals surface area contributed by atoms with Crippen molar-refractivity contribution in [3.63, 3.8) is 0 Å². The molecule has 140 valence electrons. The molecule has 0 saturated carbocycles. The normalized spacial score (nSPS) is 10.6. The molecule has 2 heterocycles. The van der Waals surface area contributed by atoms with Crippen LogP contribution in [0.2, 0.25) is 0 Å². The summed E-state index contributed by atoms with van der Waals surface area (Å²) in [5.41, 5.74) is 2.63. The monoisotopic (exact) mass is 374 g/mol. The summed E-state index contributed by atoms with van der Waals surface area (Å²) >= 11 is 0. The first kappa shape index (κ1) is 17.5. The van der Waals surface area contributed by atoms with Gasteiger partial charge < -0.3 is 14.8 Å². The van der Waals surface area contributed by atoms with Gasteiger partial charge in [0.1, 0.15) is 11.5 Å². The van der Waals surface area contributed by atoms with Gasteiger partial charge in [-0.15, -0.1) is 0 Å². The summed E-state index contributed by atoms with van der Waals surface area (Å²) in [7, 11) is 3.12. The Hall–Kier alpha value is -3.87. The lowest BCUT2D eigenvalue weighted by atomic mass is 10.1. The zero-order chi connectivity index (χ0) is 19.5. The van der Waals surface area contributed by atoms with E-state index >= 15 is 0 Å². The van der Waals surface area contributed by atoms with Gasteiger partial charge >= 0.3 is 0 Å². The Balaban J connectivity index is 1.67. The van der Waals surface area contributed by atoms with Crippen LogP contribution in [-0.4, -0.2) is 34.5 Å². The Kier molecular flexibility index (Phi) is 4.63. The molecule has 0 atom stereocenters. The minimum Gasteiger partial charge on any atom is -0.497 e. The molecule has 0 aliphatic carbocycles. The summed E-state index contributed by atoms with van der Waals surface area (Å²) in [6.07, 6.45) is 5.46. The maximum absolute atomic E-state index is 12.7. The number of carbonyl (C=O) groups is 1. The van der Waals surface area contributed by atoms with Gasteiger partial charge in [0, 0.05) is 29.7 Å². The third-order valence-corrected chi connectivity index (χ3v) is 4.31. The Morgan fingerprint density at radius 2 is 1.96 bits per heavy atom. The Morgan fingerprint density at radius 3 is 2.75 bits per heavy atom. The van der Waals surface area contributed by atoms with Gasteiger partial charge in [0.25, 0.3) is 5.91 Å². The van der Waals surface area contributed by atoms with E-state index in [0.717, 1.165) is 11.3 Å². The minimum atomic E-state index is -0.258. The highest BCUT2D eigenvalue weighted by atomic mass is 16.5. The van der Waals surface area contributed by atoms with E-state index in [1.54, 1.807) is 50.7 Å². The van der Waals surface area contributed by atoms with Crippen LogP contribution in [0, 0.1) is 0 Å². The second-order valence-corrected chi connectivity index (χ2v) is 6.05. The van der Waals surface area contributed by atoms with E-state index in [2.05, 4.69) is 15.3 Å². The van der Waals surface area contributed by atoms with Gasteiger partial charge in [0.2, 0.25) is 5.78 Å². The first-order chi connectivity index (χ1) is 13.7. The standard InChI is InChI=1S/C21H18N4O3/c1-27-16-6-3-5-15(11-16)20(26)23-17-12-14(7-8-19(17)28-2)18-13-25-10-4-9-22-21(25)24-18/h3-13H,1-2H3,(H,23,26). The number of amides is 1. The van der Waals surface area contributed by atoms with Gasteiger partial charge in [0.15, 0.2) is 0 Å². The fourth-order valence-electron chi connectivity index (χ4n) is 2.89. The zero-order valence-electron chi connectivity index (χ0n) is 15.4. The van der Waals surface area contributed by atoms with E-state index in [1.807, 2.05) is 35.0 Å². The van der Waals surface area contributed by atoms with Gasteiger partial charge in [0.05, 0.1) is 25.6 Å². The van der Waals surface area contributed by atoms with Crippen molar-refractivity contribution in [1.29, 1.82) is 0 Å². The number of nitrogens with one attached hydrogen (secondary N) is 1. The number of anilines is 1. The molecule has 0 aliphatic rings. The van der Waals surface area contributed by atoms with Gasteiger partial charge in [-0.25, -0.2) is 9.97 Å². The lowest BCUT2D eigenvalue weighted by Gasteiger charge is -2.12. The molecule has 0 bridgehead atoms. The highest BCUT2D eigenvalue weighted by molar-refractivity contribution is 6.05. The van der Waals surface area contributed by atoms with E-state index in [-0.39, 0.29) is 5.91 Å². The van der Waals surface area contributed by atoms with Crippen molar-refractivity contribution in [3.8, 4) is 22.8 Å². The number of benzene rings is 2. The van der Waals surface area contributed by atoms with Gasteiger partial charge in [-0.2, -0.15) is 0 Å². The first-order valence-corrected chi connectivity index (χ1v) is 8.61. The summed E-state index contributed by atoms with van der Waals surface area (Å²) in [5, 5.41) is 2.90. The molecular formula is C21H18N4O3. The molecule has 4 aromatic rings. The van der Waals surface area contributed by atoms with Crippen LogP contribution in [0.3, 0.4) is 0 Å². The highest BCUT2D eigenvalue weighted by Gasteiger charge is 2.13. The molecule has 0 aliphatic heterocycles. The molecule has 0 radical (unpaired) electrons. The molecule has 4 rings (SSSR count). The summed E-state index contributed by atoms with van der Waals surface area (Å²) in [4.78, 5) is 21.4. The van der Waals surface area contributed by atoms with E-state index in [0.29, 0.717) is 28.5 Å². The molecule has 1 amide bonds. The largest absolute Gasteiger partial charge is 0.497 e. The number of hydrogen-bond donors (Lipinski definition) is 1. The zero-order valence-corrected chi connectivity index (χ0v) is 15.4. The van der Waals surface area contributed by atoms with Crippen LogP contribution >= 0.6 is 0 Å². The number of carbonyl (C=O) groups excluding carboxylic acids is 1. The third kappa shape index (κ3) is 3.37. The second kappa shape index (κ2) is 7.40. The number of aromatic nitrogens is 3. The molecule has 1 N–H and O–H groups in total. The second-order valence-electron chi connectivity index (χ2n) is 6.05. The van der Waals surface area contributed by atoms with Crippen LogP contribution < -0.4 is 14.8 Å². The van der Waals surface area contributed by atoms with Crippen LogP contribution in [0.25, 0.3) is 17.0 Å². The molecule has 0 spiro atoms. The van der Waals surface area contributed by atoms with Crippen molar-refractivity contribution in [2.45, 2.75) is 0 Å². The predicted octanol–water partition coefficient (Wildman–Crippen LogP) is 3.67. The fourth-order valence-corrected chi connectivity index (χ4v) is 2.89. The molecule has 7 heteroatoms. The van der Waals surface area contributed by atoms with Gasteiger partial charge in [-0.05, 0) is 42.5 Å². The van der Waals surface area contributed by atoms with Gasteiger partial charge in [-0.3, -0.25) is 9.20 Å². The summed E-state index contributed by atoms with van der Waals surface area (Å²) in [5.74, 6) is 1.52. The van der Waals surface area contributed by atoms with E-state index < -0.39 is 0 Å². The number of methoxy groups -OCH3 is 2. The van der Waals surface area contributed by atoms with Crippen molar-refractivity contribution < 1.29 is 14.3 Å². The van der Waals surface area contributed by atoms with Crippen molar-refractivity contribution >= 4 is 17.4 Å². The van der Waals surface area contributed by atoms with Crippen LogP contribution in [-0.2, 0) is 0 Å². The lowest BCUT2D eigenvalue weighted by Crippen LogP contribution is -2.12. The van der Waals surface area contributed by atoms with Gasteiger partial charge in [-0.1, -0.05) is 6.07 Å². The van der Waals surface area contributed by atoms with Crippen LogP contribution in [0.5, 0.6) is 11.5 Å². The average molecular weight is 374 g/mol. The molecule has 0 saturated heterocycles. The van der Waals surface area contributed by atoms with Crippen LogP contribution in [0.1, 0.15) is 10.4 Å². The number of imidazole rings is 1. The summed E-state index contributed by atoms with van der Waals surface area (Å²) in [6.45, 7) is 0. The van der Waals surface area contributed by atoms with Crippen LogP contribution in [0.4, 0.5) is 5.69 Å². The molecule has 28 heavy (non-hydrogen) atoms. The Bertz CT molecular complexity index is 1120. The molecule has 0 unspecified atom stereocenters. The summed E-state index contributed by atoms with van der Waals surface area (Å²) < 4.78 is 12.4. The fraction of sp³-hybridized carbons (Fsp3) is 0.0952. The predicted molar refractivity (Wildman–Crippen MR) is 106 cm³/mol. The number of ether oxygens (including phenoxy) is 2. The maximum Gasteiger partial charge on any atom is 0.255 e. The van der Waals surface area contributed by atoms with E-state index in [1.165, 1.54) is 0 Å². The highest BCUT2D eigenvalue weighted by Crippen LogP contribution is 2.31. The third-order valence-electron chi connectivity index (χ3n) is 4.31. The maximum atomic E-state index is 12.7. The van der Waals surface area contributed by atoms with E-state index in [4.69, 9.17) is 9.47 Å². The Morgan fingerprint density at radius 1 is 1.07 bits per heavy atom.